The first-order valence-corrected chi connectivity index (χ1v) is 6.24. The third kappa shape index (κ3) is 2.17. The van der Waals surface area contributed by atoms with Crippen LogP contribution in [0.2, 0.25) is 6.32 Å². The molecular formula is C14H19BO3. The number of hydrogen-bond donors (Lipinski definition) is 1. The van der Waals surface area contributed by atoms with Crippen LogP contribution < -0.4 is 5.46 Å². The molecule has 1 saturated heterocycles. The van der Waals surface area contributed by atoms with Crippen molar-refractivity contribution in [1.29, 1.82) is 0 Å². The molecule has 4 heteroatoms. The molecule has 0 aliphatic carbocycles. The largest absolute Gasteiger partial charge is 0.478 e. The van der Waals surface area contributed by atoms with Gasteiger partial charge in [0.2, 0.25) is 0 Å². The molecule has 1 N–H and O–H groups in total. The Bertz CT molecular complexity index is 446. The summed E-state index contributed by atoms with van der Waals surface area (Å²) < 4.78 is 6.10. The first kappa shape index (κ1) is 13.2. The Kier molecular flexibility index (Phi) is 3.02. The minimum atomic E-state index is -0.894. The number of carbonyl (C=O) groups is 1. The Hall–Kier alpha value is -1.29. The first-order valence-electron chi connectivity index (χ1n) is 6.24. The van der Waals surface area contributed by atoms with Crippen LogP contribution >= 0.6 is 0 Å². The van der Waals surface area contributed by atoms with Crippen LogP contribution in [0.4, 0.5) is 0 Å². The molecule has 0 aromatic heterocycles. The molecule has 1 fully saturated rings. The highest BCUT2D eigenvalue weighted by Crippen LogP contribution is 2.44. The Morgan fingerprint density at radius 3 is 2.17 bits per heavy atom. The number of hydrogen-bond acceptors (Lipinski definition) is 2. The second-order valence-electron chi connectivity index (χ2n) is 6.13. The number of rotatable bonds is 2. The van der Waals surface area contributed by atoms with Crippen LogP contribution in [-0.4, -0.2) is 23.6 Å². The summed E-state index contributed by atoms with van der Waals surface area (Å²) in [5.41, 5.74) is 1.32. The molecule has 1 aromatic rings. The van der Waals surface area contributed by atoms with Crippen LogP contribution in [0.15, 0.2) is 24.3 Å². The Morgan fingerprint density at radius 2 is 1.78 bits per heavy atom. The first-order chi connectivity index (χ1) is 8.23. The highest BCUT2D eigenvalue weighted by molar-refractivity contribution is 6.68. The van der Waals surface area contributed by atoms with E-state index in [2.05, 4.69) is 27.7 Å². The molecule has 0 unspecified atom stereocenters. The van der Waals surface area contributed by atoms with E-state index in [0.717, 1.165) is 11.8 Å². The van der Waals surface area contributed by atoms with Crippen molar-refractivity contribution in [3.63, 3.8) is 0 Å². The molecule has 0 radical (unpaired) electrons. The number of carboxylic acids is 1. The molecule has 0 bridgehead atoms. The van der Waals surface area contributed by atoms with Gasteiger partial charge in [0.15, 0.2) is 0 Å². The molecule has 0 amide bonds. The van der Waals surface area contributed by atoms with E-state index in [1.165, 1.54) is 0 Å². The molecule has 1 aromatic carbocycles. The predicted octanol–water partition coefficient (Wildman–Crippen LogP) is 2.42. The van der Waals surface area contributed by atoms with Crippen LogP contribution in [0.5, 0.6) is 0 Å². The lowest BCUT2D eigenvalue weighted by Crippen LogP contribution is -2.36. The van der Waals surface area contributed by atoms with Crippen LogP contribution in [0.3, 0.4) is 0 Å². The second kappa shape index (κ2) is 4.13. The molecule has 1 aliphatic heterocycles. The fourth-order valence-corrected chi connectivity index (χ4v) is 2.29. The molecule has 18 heavy (non-hydrogen) atoms. The summed E-state index contributed by atoms with van der Waals surface area (Å²) in [5.74, 6) is -0.894. The van der Waals surface area contributed by atoms with Gasteiger partial charge in [-0.05, 0) is 43.2 Å². The van der Waals surface area contributed by atoms with E-state index in [0.29, 0.717) is 5.56 Å². The monoisotopic (exact) mass is 246 g/mol. The van der Waals surface area contributed by atoms with Crippen LogP contribution in [0, 0.1) is 5.41 Å². The Balaban J connectivity index is 2.22. The molecule has 0 saturated carbocycles. The van der Waals surface area contributed by atoms with Gasteiger partial charge in [-0.3, -0.25) is 0 Å². The van der Waals surface area contributed by atoms with Gasteiger partial charge in [0, 0.05) is 0 Å². The molecule has 1 aliphatic rings. The summed E-state index contributed by atoms with van der Waals surface area (Å²) in [5, 5.41) is 8.88. The van der Waals surface area contributed by atoms with E-state index in [-0.39, 0.29) is 17.9 Å². The van der Waals surface area contributed by atoms with Gasteiger partial charge in [0.25, 0.3) is 0 Å². The van der Waals surface area contributed by atoms with Crippen molar-refractivity contribution in [3.8, 4) is 0 Å². The van der Waals surface area contributed by atoms with Crippen molar-refractivity contribution < 1.29 is 14.6 Å². The second-order valence-corrected chi connectivity index (χ2v) is 6.13. The zero-order chi connectivity index (χ0) is 13.6. The maximum absolute atomic E-state index is 10.8. The van der Waals surface area contributed by atoms with Gasteiger partial charge in [0.1, 0.15) is 0 Å². The van der Waals surface area contributed by atoms with Crippen LogP contribution in [0.25, 0.3) is 0 Å². The summed E-state index contributed by atoms with van der Waals surface area (Å²) in [6, 6.07) is 6.98. The summed E-state index contributed by atoms with van der Waals surface area (Å²) in [4.78, 5) is 10.8. The highest BCUT2D eigenvalue weighted by Gasteiger charge is 2.49. The van der Waals surface area contributed by atoms with Crippen molar-refractivity contribution in [2.24, 2.45) is 5.41 Å². The number of carboxylic acid groups (broad SMARTS) is 1. The molecule has 2 rings (SSSR count). The average molecular weight is 246 g/mol. The summed E-state index contributed by atoms with van der Waals surface area (Å²) in [6.45, 7) is 8.69. The third-order valence-corrected chi connectivity index (χ3v) is 4.29. The summed E-state index contributed by atoms with van der Waals surface area (Å²) in [6.07, 6.45) is 0.951. The van der Waals surface area contributed by atoms with Gasteiger partial charge in [-0.15, -0.1) is 0 Å². The Morgan fingerprint density at radius 1 is 1.22 bits per heavy atom. The van der Waals surface area contributed by atoms with Crippen LogP contribution in [-0.2, 0) is 4.65 Å². The van der Waals surface area contributed by atoms with Gasteiger partial charge < -0.3 is 9.76 Å². The Labute approximate surface area is 108 Å². The predicted molar refractivity (Wildman–Crippen MR) is 72.5 cm³/mol. The molecular weight excluding hydrogens is 227 g/mol. The number of aromatic carboxylic acids is 1. The van der Waals surface area contributed by atoms with Crippen molar-refractivity contribution in [2.75, 3.05) is 0 Å². The molecule has 0 spiro atoms. The SMILES string of the molecule is CC1(C)CB(c2ccc(C(=O)O)cc2)OC1(C)C. The van der Waals surface area contributed by atoms with Gasteiger partial charge in [0.05, 0.1) is 11.2 Å². The lowest BCUT2D eigenvalue weighted by Gasteiger charge is -2.34. The normalized spacial score (nSPS) is 21.0. The molecule has 96 valence electrons. The van der Waals surface area contributed by atoms with Crippen molar-refractivity contribution in [2.45, 2.75) is 39.6 Å². The van der Waals surface area contributed by atoms with E-state index >= 15 is 0 Å². The van der Waals surface area contributed by atoms with Gasteiger partial charge >= 0.3 is 12.9 Å². The van der Waals surface area contributed by atoms with Gasteiger partial charge in [-0.25, -0.2) is 4.79 Å². The number of benzene rings is 1. The smallest absolute Gasteiger partial charge is 0.335 e. The van der Waals surface area contributed by atoms with Gasteiger partial charge in [-0.2, -0.15) is 0 Å². The maximum Gasteiger partial charge on any atom is 0.335 e. The van der Waals surface area contributed by atoms with E-state index in [1.807, 2.05) is 12.1 Å². The van der Waals surface area contributed by atoms with Crippen molar-refractivity contribution >= 4 is 18.3 Å². The zero-order valence-electron chi connectivity index (χ0n) is 11.4. The standard InChI is InChI=1S/C14H19BO3/c1-13(2)9-15(18-14(13,3)4)11-7-5-10(6-8-11)12(16)17/h5-8H,9H2,1-4H3,(H,16,17). The highest BCUT2D eigenvalue weighted by atomic mass is 16.5. The van der Waals surface area contributed by atoms with Crippen LogP contribution in [0.1, 0.15) is 38.1 Å². The quantitative estimate of drug-likeness (QED) is 0.815. The molecule has 3 nitrogen and oxygen atoms in total. The third-order valence-electron chi connectivity index (χ3n) is 4.29. The van der Waals surface area contributed by atoms with Crippen molar-refractivity contribution in [1.82, 2.24) is 0 Å². The fourth-order valence-electron chi connectivity index (χ4n) is 2.29. The summed E-state index contributed by atoms with van der Waals surface area (Å²) >= 11 is 0. The average Bonchev–Trinajstić information content (AvgIpc) is 2.48. The lowest BCUT2D eigenvalue weighted by molar-refractivity contribution is 0.0375. The fraction of sp³-hybridized carbons (Fsp3) is 0.500. The minimum Gasteiger partial charge on any atom is -0.478 e. The van der Waals surface area contributed by atoms with E-state index in [1.54, 1.807) is 12.1 Å². The molecule has 1 heterocycles. The summed E-state index contributed by atoms with van der Waals surface area (Å²) in [7, 11) is 0. The minimum absolute atomic E-state index is 0.0536. The molecule has 0 atom stereocenters. The topological polar surface area (TPSA) is 46.5 Å². The van der Waals surface area contributed by atoms with Crippen molar-refractivity contribution in [3.05, 3.63) is 29.8 Å². The van der Waals surface area contributed by atoms with E-state index in [9.17, 15) is 4.79 Å². The van der Waals surface area contributed by atoms with Gasteiger partial charge in [-0.1, -0.05) is 26.0 Å². The lowest BCUT2D eigenvalue weighted by atomic mass is 9.54. The van der Waals surface area contributed by atoms with E-state index in [4.69, 9.17) is 9.76 Å². The van der Waals surface area contributed by atoms with E-state index < -0.39 is 5.97 Å². The maximum atomic E-state index is 10.8. The zero-order valence-corrected chi connectivity index (χ0v) is 11.4.